The highest BCUT2D eigenvalue weighted by atomic mass is 16.5. The quantitative estimate of drug-likeness (QED) is 0.609. The number of carbonyl (C=O) groups excluding carboxylic acids is 2. The second kappa shape index (κ2) is 7.87. The van der Waals surface area contributed by atoms with Gasteiger partial charge in [-0.05, 0) is 36.5 Å². The Kier molecular flexibility index (Phi) is 5.57. The van der Waals surface area contributed by atoms with E-state index >= 15 is 0 Å². The predicted molar refractivity (Wildman–Crippen MR) is 100 cm³/mol. The molecule has 0 unspecified atom stereocenters. The Labute approximate surface area is 154 Å². The average molecular weight is 354 g/mol. The van der Waals surface area contributed by atoms with E-state index in [1.807, 2.05) is 30.3 Å². The molecule has 0 radical (unpaired) electrons. The fraction of sp³-hybridized carbons (Fsp3) is 0.429. The van der Waals surface area contributed by atoms with E-state index in [1.165, 1.54) is 6.08 Å². The highest BCUT2D eigenvalue weighted by Gasteiger charge is 2.36. The Morgan fingerprint density at radius 2 is 1.92 bits per heavy atom. The summed E-state index contributed by atoms with van der Waals surface area (Å²) in [6.45, 7) is 8.77. The zero-order chi connectivity index (χ0) is 18.6. The molecule has 0 saturated carbocycles. The fourth-order valence-corrected chi connectivity index (χ4v) is 3.93. The first kappa shape index (κ1) is 18.4. The molecule has 0 bridgehead atoms. The number of allylic oxidation sites excluding steroid dienone is 1. The largest absolute Gasteiger partial charge is 0.381 e. The van der Waals surface area contributed by atoms with Crippen LogP contribution in [0.4, 0.5) is 0 Å². The monoisotopic (exact) mass is 354 g/mol. The normalized spacial score (nSPS) is 23.5. The van der Waals surface area contributed by atoms with Crippen molar-refractivity contribution in [1.82, 2.24) is 10.6 Å². The van der Waals surface area contributed by atoms with Crippen molar-refractivity contribution in [2.45, 2.75) is 37.8 Å². The first-order valence-corrected chi connectivity index (χ1v) is 9.08. The number of hydrogen-bond donors (Lipinski definition) is 2. The molecule has 1 aliphatic carbocycles. The molecule has 1 aliphatic heterocycles. The summed E-state index contributed by atoms with van der Waals surface area (Å²) < 4.78 is 5.42. The van der Waals surface area contributed by atoms with E-state index in [1.54, 1.807) is 0 Å². The maximum absolute atomic E-state index is 12.8. The summed E-state index contributed by atoms with van der Waals surface area (Å²) in [6.07, 6.45) is 5.88. The highest BCUT2D eigenvalue weighted by Crippen LogP contribution is 2.36. The SMILES string of the molecule is C=CC(=O)N[C@@H]1c2ccccc2C[C@H]1NC(=O)CC1(C=C)CCOCC1. The second-order valence-electron chi connectivity index (χ2n) is 7.12. The molecule has 5 nitrogen and oxygen atoms in total. The lowest BCUT2D eigenvalue weighted by Crippen LogP contribution is -2.45. The molecular weight excluding hydrogens is 328 g/mol. The summed E-state index contributed by atoms with van der Waals surface area (Å²) in [6, 6.07) is 7.56. The van der Waals surface area contributed by atoms with Gasteiger partial charge in [-0.2, -0.15) is 0 Å². The van der Waals surface area contributed by atoms with Gasteiger partial charge in [-0.25, -0.2) is 0 Å². The average Bonchev–Trinajstić information content (AvgIpc) is 2.99. The van der Waals surface area contributed by atoms with Crippen molar-refractivity contribution in [3.63, 3.8) is 0 Å². The van der Waals surface area contributed by atoms with Gasteiger partial charge in [0, 0.05) is 25.0 Å². The van der Waals surface area contributed by atoms with E-state index < -0.39 is 0 Å². The minimum absolute atomic E-state index is 0.0116. The fourth-order valence-electron chi connectivity index (χ4n) is 3.93. The van der Waals surface area contributed by atoms with Crippen LogP contribution in [-0.4, -0.2) is 31.1 Å². The summed E-state index contributed by atoms with van der Waals surface area (Å²) in [7, 11) is 0. The van der Waals surface area contributed by atoms with Crippen LogP contribution >= 0.6 is 0 Å². The van der Waals surface area contributed by atoms with E-state index in [2.05, 4.69) is 23.8 Å². The molecule has 0 spiro atoms. The van der Waals surface area contributed by atoms with Gasteiger partial charge in [-0.1, -0.05) is 36.9 Å². The van der Waals surface area contributed by atoms with E-state index in [9.17, 15) is 9.59 Å². The number of fused-ring (bicyclic) bond motifs is 1. The van der Waals surface area contributed by atoms with E-state index in [4.69, 9.17) is 4.74 Å². The number of hydrogen-bond acceptors (Lipinski definition) is 3. The van der Waals surface area contributed by atoms with Crippen LogP contribution in [0, 0.1) is 5.41 Å². The van der Waals surface area contributed by atoms with E-state index in [0.29, 0.717) is 26.1 Å². The Morgan fingerprint density at radius 3 is 2.62 bits per heavy atom. The van der Waals surface area contributed by atoms with Gasteiger partial charge >= 0.3 is 0 Å². The van der Waals surface area contributed by atoms with Gasteiger partial charge in [-0.3, -0.25) is 9.59 Å². The van der Waals surface area contributed by atoms with Gasteiger partial charge in [0.05, 0.1) is 12.1 Å². The van der Waals surface area contributed by atoms with E-state index in [0.717, 1.165) is 24.0 Å². The summed E-state index contributed by atoms with van der Waals surface area (Å²) >= 11 is 0. The van der Waals surface area contributed by atoms with Crippen LogP contribution in [0.3, 0.4) is 0 Å². The molecule has 2 aliphatic rings. The van der Waals surface area contributed by atoms with Crippen LogP contribution in [0.15, 0.2) is 49.6 Å². The lowest BCUT2D eigenvalue weighted by molar-refractivity contribution is -0.125. The van der Waals surface area contributed by atoms with Crippen molar-refractivity contribution in [3.05, 3.63) is 60.7 Å². The van der Waals surface area contributed by atoms with Crippen LogP contribution in [0.5, 0.6) is 0 Å². The van der Waals surface area contributed by atoms with Crippen molar-refractivity contribution < 1.29 is 14.3 Å². The third-order valence-electron chi connectivity index (χ3n) is 5.50. The molecular formula is C21H26N2O3. The molecule has 5 heteroatoms. The number of nitrogens with one attached hydrogen (secondary N) is 2. The number of amides is 2. The highest BCUT2D eigenvalue weighted by molar-refractivity contribution is 5.87. The van der Waals surface area contributed by atoms with Crippen LogP contribution in [0.2, 0.25) is 0 Å². The number of rotatable bonds is 6. The minimum atomic E-state index is -0.241. The van der Waals surface area contributed by atoms with Crippen molar-refractivity contribution in [3.8, 4) is 0 Å². The van der Waals surface area contributed by atoms with E-state index in [-0.39, 0.29) is 29.3 Å². The standard InChI is InChI=1S/C21H26N2O3/c1-3-18(24)23-20-16-8-6-5-7-15(16)13-17(20)22-19(25)14-21(4-2)9-11-26-12-10-21/h3-8,17,20H,1-2,9-14H2,(H,22,25)(H,23,24)/t17-,20-/m1/s1. The lowest BCUT2D eigenvalue weighted by Gasteiger charge is -2.34. The molecule has 1 saturated heterocycles. The van der Waals surface area contributed by atoms with Gasteiger partial charge in [-0.15, -0.1) is 6.58 Å². The molecule has 2 atom stereocenters. The van der Waals surface area contributed by atoms with Crippen molar-refractivity contribution in [1.29, 1.82) is 0 Å². The van der Waals surface area contributed by atoms with Gasteiger partial charge in [0.25, 0.3) is 0 Å². The van der Waals surface area contributed by atoms with Crippen LogP contribution in [0.25, 0.3) is 0 Å². The molecule has 2 N–H and O–H groups in total. The Hall–Kier alpha value is -2.40. The van der Waals surface area contributed by atoms with Crippen molar-refractivity contribution in [2.75, 3.05) is 13.2 Å². The molecule has 1 aromatic carbocycles. The summed E-state index contributed by atoms with van der Waals surface area (Å²) in [5.41, 5.74) is 2.00. The molecule has 1 heterocycles. The maximum atomic E-state index is 12.8. The molecule has 3 rings (SSSR count). The number of ether oxygens (including phenoxy) is 1. The van der Waals surface area contributed by atoms with Gasteiger partial charge in [0.1, 0.15) is 0 Å². The molecule has 2 amide bonds. The van der Waals surface area contributed by atoms with Crippen LogP contribution < -0.4 is 10.6 Å². The van der Waals surface area contributed by atoms with Gasteiger partial charge < -0.3 is 15.4 Å². The predicted octanol–water partition coefficient (Wildman–Crippen LogP) is 2.44. The third kappa shape index (κ3) is 3.88. The molecule has 26 heavy (non-hydrogen) atoms. The Morgan fingerprint density at radius 1 is 1.19 bits per heavy atom. The summed E-state index contributed by atoms with van der Waals surface area (Å²) in [5.74, 6) is -0.250. The first-order valence-electron chi connectivity index (χ1n) is 9.08. The smallest absolute Gasteiger partial charge is 0.243 e. The Balaban J connectivity index is 1.71. The number of benzene rings is 1. The maximum Gasteiger partial charge on any atom is 0.243 e. The van der Waals surface area contributed by atoms with Crippen molar-refractivity contribution in [2.24, 2.45) is 5.41 Å². The summed E-state index contributed by atoms with van der Waals surface area (Å²) in [5, 5.41) is 6.09. The Bertz CT molecular complexity index is 707. The van der Waals surface area contributed by atoms with Crippen molar-refractivity contribution >= 4 is 11.8 Å². The molecule has 1 fully saturated rings. The topological polar surface area (TPSA) is 67.4 Å². The lowest BCUT2D eigenvalue weighted by atomic mass is 9.77. The van der Waals surface area contributed by atoms with Gasteiger partial charge in [0.15, 0.2) is 0 Å². The first-order chi connectivity index (χ1) is 12.6. The molecule has 0 aromatic heterocycles. The summed E-state index contributed by atoms with van der Waals surface area (Å²) in [4.78, 5) is 24.6. The van der Waals surface area contributed by atoms with Crippen LogP contribution in [0.1, 0.15) is 36.4 Å². The van der Waals surface area contributed by atoms with Gasteiger partial charge in [0.2, 0.25) is 11.8 Å². The zero-order valence-electron chi connectivity index (χ0n) is 15.0. The molecule has 138 valence electrons. The van der Waals surface area contributed by atoms with Crippen LogP contribution in [-0.2, 0) is 20.7 Å². The zero-order valence-corrected chi connectivity index (χ0v) is 15.0. The molecule has 1 aromatic rings. The number of carbonyl (C=O) groups is 2. The third-order valence-corrected chi connectivity index (χ3v) is 5.50. The minimum Gasteiger partial charge on any atom is -0.381 e. The second-order valence-corrected chi connectivity index (χ2v) is 7.12.